The first-order chi connectivity index (χ1) is 13.5. The molecule has 0 saturated carbocycles. The summed E-state index contributed by atoms with van der Waals surface area (Å²) in [7, 11) is 4.41. The van der Waals surface area contributed by atoms with Crippen molar-refractivity contribution < 1.29 is 27.3 Å². The predicted octanol–water partition coefficient (Wildman–Crippen LogP) is 0.804. The zero-order valence-electron chi connectivity index (χ0n) is 18.5. The molecule has 0 N–H and O–H groups in total. The molecule has 1 atom stereocenters. The summed E-state index contributed by atoms with van der Waals surface area (Å²) in [6, 6.07) is 6.15. The van der Waals surface area contributed by atoms with Crippen LogP contribution in [0.3, 0.4) is 0 Å². The summed E-state index contributed by atoms with van der Waals surface area (Å²) >= 11 is 0. The molecule has 0 amide bonds. The van der Waals surface area contributed by atoms with Crippen LogP contribution in [0.2, 0.25) is 0 Å². The minimum Gasteiger partial charge on any atom is -0.855 e. The van der Waals surface area contributed by atoms with Crippen LogP contribution in [0.5, 0.6) is 0 Å². The molecule has 2 rings (SSSR count). The Morgan fingerprint density at radius 3 is 2.14 bits per heavy atom. The number of nitrogens with zero attached hydrogens (tertiary/aromatic N) is 4. The molecule has 1 aliphatic rings. The second-order valence-corrected chi connectivity index (χ2v) is 7.84. The Morgan fingerprint density at radius 1 is 1.00 bits per heavy atom. The van der Waals surface area contributed by atoms with E-state index in [0.29, 0.717) is 6.42 Å². The van der Waals surface area contributed by atoms with Crippen molar-refractivity contribution in [3.05, 3.63) is 30.1 Å². The minimum atomic E-state index is -0.850. The second-order valence-electron chi connectivity index (χ2n) is 7.84. The van der Waals surface area contributed by atoms with Crippen LogP contribution in [0.15, 0.2) is 24.4 Å². The molecule has 2 heterocycles. The van der Waals surface area contributed by atoms with Crippen molar-refractivity contribution in [3.63, 3.8) is 0 Å². The van der Waals surface area contributed by atoms with E-state index in [1.165, 1.54) is 18.5 Å². The monoisotopic (exact) mass is 450 g/mol. The van der Waals surface area contributed by atoms with Crippen molar-refractivity contribution in [3.8, 4) is 0 Å². The summed E-state index contributed by atoms with van der Waals surface area (Å²) < 4.78 is 0. The first kappa shape index (κ1) is 28.5. The van der Waals surface area contributed by atoms with E-state index in [9.17, 15) is 10.2 Å². The van der Waals surface area contributed by atoms with Gasteiger partial charge < -0.3 is 20.0 Å². The summed E-state index contributed by atoms with van der Waals surface area (Å²) in [6.45, 7) is 9.49. The Labute approximate surface area is 188 Å². The van der Waals surface area contributed by atoms with E-state index >= 15 is 0 Å². The first-order valence-corrected chi connectivity index (χ1v) is 10.8. The molecular formula is C22H40FeN4O2+. The molecule has 0 aromatic carbocycles. The topological polar surface area (TPSA) is 68.7 Å². The molecule has 1 unspecified atom stereocenters. The molecule has 1 radical (unpaired) electrons. The Kier molecular flexibility index (Phi) is 17.9. The Morgan fingerprint density at radius 2 is 1.62 bits per heavy atom. The van der Waals surface area contributed by atoms with Crippen LogP contribution in [0.25, 0.3) is 0 Å². The van der Waals surface area contributed by atoms with Crippen molar-refractivity contribution >= 4 is 0 Å². The molecule has 7 heteroatoms. The standard InChI is InChI=1S/C14H24N4.C8H16O2.Fe/c1-16-7-8-17(2)10-12-18(11-9-16)13-14-5-3-4-6-15-14;1-2-3-4-5-6-8(10)7-9;/h3-6H,7-13H2,1-2H3;8H,2-7H2,1H3;/q;-2;+3/i;9+2;. The van der Waals surface area contributed by atoms with Gasteiger partial charge in [0.2, 0.25) is 0 Å². The molecule has 1 aromatic rings. The first-order valence-electron chi connectivity index (χ1n) is 10.8. The van der Waals surface area contributed by atoms with Crippen molar-refractivity contribution in [2.75, 3.05) is 60.0 Å². The fraction of sp³-hybridized carbons (Fsp3) is 0.773. The molecule has 0 spiro atoms. The molecule has 1 aliphatic heterocycles. The summed E-state index contributed by atoms with van der Waals surface area (Å²) in [4.78, 5) is 11.7. The van der Waals surface area contributed by atoms with Crippen LogP contribution >= 0.6 is 0 Å². The van der Waals surface area contributed by atoms with Crippen LogP contribution in [-0.2, 0) is 23.6 Å². The molecule has 1 fully saturated rings. The van der Waals surface area contributed by atoms with Gasteiger partial charge in [-0.1, -0.05) is 45.1 Å². The van der Waals surface area contributed by atoms with E-state index in [0.717, 1.165) is 58.7 Å². The average Bonchev–Trinajstić information content (AvgIpc) is 2.79. The third-order valence-electron chi connectivity index (χ3n) is 5.14. The quantitative estimate of drug-likeness (QED) is 0.332. The zero-order valence-corrected chi connectivity index (χ0v) is 19.6. The van der Waals surface area contributed by atoms with Crippen LogP contribution in [0.4, 0.5) is 0 Å². The van der Waals surface area contributed by atoms with Gasteiger partial charge in [-0.05, 0) is 26.2 Å². The van der Waals surface area contributed by atoms with Gasteiger partial charge in [-0.2, -0.15) is 6.61 Å². The number of pyridine rings is 1. The van der Waals surface area contributed by atoms with E-state index in [1.54, 1.807) is 0 Å². The number of rotatable bonds is 8. The molecule has 1 saturated heterocycles. The molecule has 1 aromatic heterocycles. The fourth-order valence-electron chi connectivity index (χ4n) is 3.06. The molecule has 6 nitrogen and oxygen atoms in total. The van der Waals surface area contributed by atoms with Crippen LogP contribution in [0.1, 0.15) is 44.7 Å². The van der Waals surface area contributed by atoms with Crippen molar-refractivity contribution in [2.45, 2.75) is 51.7 Å². The third kappa shape index (κ3) is 15.0. The summed E-state index contributed by atoms with van der Waals surface area (Å²) in [5.41, 5.74) is 1.17. The largest absolute Gasteiger partial charge is 3.00 e. The minimum absolute atomic E-state index is 0. The van der Waals surface area contributed by atoms with E-state index in [4.69, 9.17) is 0 Å². The maximum atomic E-state index is 10.5. The molecule has 29 heavy (non-hydrogen) atoms. The van der Waals surface area contributed by atoms with Gasteiger partial charge in [0.25, 0.3) is 0 Å². The number of likely N-dealkylation sites (N-methyl/N-ethyl adjacent to an activating group) is 2. The zero-order chi connectivity index (χ0) is 20.6. The smallest absolute Gasteiger partial charge is 0.855 e. The van der Waals surface area contributed by atoms with Gasteiger partial charge >= 0.3 is 17.1 Å². The molecule has 0 bridgehead atoms. The second kappa shape index (κ2) is 18.3. The summed E-state index contributed by atoms with van der Waals surface area (Å²) in [5, 5.41) is 20.5. The summed E-state index contributed by atoms with van der Waals surface area (Å²) in [6.07, 6.45) is 6.01. The van der Waals surface area contributed by atoms with E-state index < -0.39 is 12.7 Å². The number of hydrogen-bond acceptors (Lipinski definition) is 6. The van der Waals surface area contributed by atoms with Gasteiger partial charge in [0.05, 0.1) is 5.69 Å². The summed E-state index contributed by atoms with van der Waals surface area (Å²) in [5.74, 6) is 0. The maximum absolute atomic E-state index is 10.5. The number of unbranched alkanes of at least 4 members (excludes halogenated alkanes) is 3. The van der Waals surface area contributed by atoms with E-state index in [1.807, 2.05) is 12.3 Å². The Hall–Kier alpha value is -0.531. The molecule has 0 aliphatic carbocycles. The van der Waals surface area contributed by atoms with E-state index in [2.05, 4.69) is 52.8 Å². The van der Waals surface area contributed by atoms with Gasteiger partial charge in [-0.25, -0.2) is 0 Å². The van der Waals surface area contributed by atoms with Gasteiger partial charge in [0.1, 0.15) is 0 Å². The van der Waals surface area contributed by atoms with Gasteiger partial charge in [-0.15, -0.1) is 6.10 Å². The fourth-order valence-corrected chi connectivity index (χ4v) is 3.06. The normalized spacial score (nSPS) is 17.8. The average molecular weight is 450 g/mol. The van der Waals surface area contributed by atoms with Gasteiger partial charge in [0, 0.05) is 52.0 Å². The maximum Gasteiger partial charge on any atom is 3.00 e. The number of hydrogen-bond donors (Lipinski definition) is 0. The van der Waals surface area contributed by atoms with Crippen molar-refractivity contribution in [2.24, 2.45) is 0 Å². The van der Waals surface area contributed by atoms with E-state index in [-0.39, 0.29) is 17.1 Å². The van der Waals surface area contributed by atoms with Gasteiger partial charge in [-0.3, -0.25) is 9.88 Å². The van der Waals surface area contributed by atoms with Crippen LogP contribution in [-0.4, -0.2) is 85.8 Å². The SMILES string of the molecule is CCCCCCC([O-])C[18O-].CN1CCN(C)CCN(Cc2ccccn2)CC1.[Fe+3]. The Balaban J connectivity index is 0.000000616. The van der Waals surface area contributed by atoms with Crippen LogP contribution < -0.4 is 10.2 Å². The van der Waals surface area contributed by atoms with Gasteiger partial charge in [0.15, 0.2) is 0 Å². The van der Waals surface area contributed by atoms with Crippen LogP contribution in [0, 0.1) is 0 Å². The van der Waals surface area contributed by atoms with Crippen molar-refractivity contribution in [1.82, 2.24) is 19.7 Å². The Bertz CT molecular complexity index is 467. The number of aromatic nitrogens is 1. The molecule has 167 valence electrons. The molecular weight excluding hydrogens is 410 g/mol. The predicted molar refractivity (Wildman–Crippen MR) is 112 cm³/mol. The van der Waals surface area contributed by atoms with Crippen molar-refractivity contribution in [1.29, 1.82) is 0 Å². The third-order valence-corrected chi connectivity index (χ3v) is 5.14.